The standard InChI is InChI=1S/C21H32O5/c1-19-7-5-13(23)9-12(19)3-4-14-15-6-8-21(26,17(25)11-22)20(15,2)10-16(24)18(14)19/h12,14-16,18,22,24,26H,3-11H2,1-2H3/t12-,14+,15+,16+,18+,19+,20+,21+/m1/s1. The van der Waals surface area contributed by atoms with E-state index in [2.05, 4.69) is 6.92 Å². The molecule has 26 heavy (non-hydrogen) atoms. The summed E-state index contributed by atoms with van der Waals surface area (Å²) in [7, 11) is 0. The molecule has 0 bridgehead atoms. The molecule has 0 radical (unpaired) electrons. The van der Waals surface area contributed by atoms with Crippen molar-refractivity contribution in [3.05, 3.63) is 0 Å². The maximum Gasteiger partial charge on any atom is 0.190 e. The second kappa shape index (κ2) is 5.86. The Balaban J connectivity index is 1.70. The van der Waals surface area contributed by atoms with E-state index < -0.39 is 29.5 Å². The summed E-state index contributed by atoms with van der Waals surface area (Å²) in [5.41, 5.74) is -2.24. The second-order valence-corrected chi connectivity index (χ2v) is 9.99. The molecule has 4 rings (SSSR count). The number of hydrogen-bond donors (Lipinski definition) is 3. The molecule has 0 amide bonds. The summed E-state index contributed by atoms with van der Waals surface area (Å²) in [6.45, 7) is 3.55. The maximum atomic E-state index is 12.4. The van der Waals surface area contributed by atoms with E-state index in [1.165, 1.54) is 0 Å². The van der Waals surface area contributed by atoms with Crippen molar-refractivity contribution in [3.63, 3.8) is 0 Å². The maximum absolute atomic E-state index is 12.4. The zero-order valence-electron chi connectivity index (χ0n) is 15.9. The highest BCUT2D eigenvalue weighted by Gasteiger charge is 2.68. The summed E-state index contributed by atoms with van der Waals surface area (Å²) in [6.07, 6.45) is 5.02. The van der Waals surface area contributed by atoms with Crippen molar-refractivity contribution in [3.8, 4) is 0 Å². The molecule has 3 N–H and O–H groups in total. The number of carbonyl (C=O) groups is 2. The minimum absolute atomic E-state index is 0.0285. The molecule has 4 saturated carbocycles. The SMILES string of the molecule is C[C@]12CCC(=O)C[C@H]1CC[C@@H]1[C@H]2[C@@H](O)C[C@@]2(C)[C@H]1CC[C@]2(O)C(=O)CO. The van der Waals surface area contributed by atoms with Crippen molar-refractivity contribution in [2.45, 2.75) is 76.9 Å². The molecule has 4 fully saturated rings. The third kappa shape index (κ3) is 2.20. The number of aliphatic hydroxyl groups excluding tert-OH is 2. The third-order valence-electron chi connectivity index (χ3n) is 9.17. The lowest BCUT2D eigenvalue weighted by Crippen LogP contribution is -2.63. The molecule has 0 unspecified atom stereocenters. The van der Waals surface area contributed by atoms with Crippen LogP contribution < -0.4 is 0 Å². The minimum Gasteiger partial charge on any atom is -0.393 e. The quantitative estimate of drug-likeness (QED) is 0.695. The zero-order valence-corrected chi connectivity index (χ0v) is 15.9. The van der Waals surface area contributed by atoms with Crippen LogP contribution in [0.2, 0.25) is 0 Å². The van der Waals surface area contributed by atoms with Crippen LogP contribution in [0.4, 0.5) is 0 Å². The average Bonchev–Trinajstić information content (AvgIpc) is 2.86. The summed E-state index contributed by atoms with van der Waals surface area (Å²) >= 11 is 0. The molecule has 8 atom stereocenters. The van der Waals surface area contributed by atoms with Gasteiger partial charge in [0, 0.05) is 18.3 Å². The second-order valence-electron chi connectivity index (χ2n) is 9.99. The molecular formula is C21H32O5. The monoisotopic (exact) mass is 364 g/mol. The van der Waals surface area contributed by atoms with Crippen LogP contribution in [-0.2, 0) is 9.59 Å². The van der Waals surface area contributed by atoms with Crippen molar-refractivity contribution >= 4 is 11.6 Å². The van der Waals surface area contributed by atoms with Gasteiger partial charge in [0.1, 0.15) is 18.0 Å². The number of carbonyl (C=O) groups excluding carboxylic acids is 2. The largest absolute Gasteiger partial charge is 0.393 e. The Hall–Kier alpha value is -0.780. The minimum atomic E-state index is -1.53. The lowest BCUT2D eigenvalue weighted by atomic mass is 9.43. The predicted octanol–water partition coefficient (Wildman–Crippen LogP) is 1.86. The van der Waals surface area contributed by atoms with Gasteiger partial charge in [-0.25, -0.2) is 0 Å². The molecular weight excluding hydrogens is 332 g/mol. The zero-order chi connectivity index (χ0) is 18.9. The van der Waals surface area contributed by atoms with Gasteiger partial charge in [-0.15, -0.1) is 0 Å². The van der Waals surface area contributed by atoms with Gasteiger partial charge in [0.05, 0.1) is 6.10 Å². The number of rotatable bonds is 2. The molecule has 146 valence electrons. The van der Waals surface area contributed by atoms with E-state index in [-0.39, 0.29) is 23.2 Å². The summed E-state index contributed by atoms with van der Waals surface area (Å²) in [4.78, 5) is 24.3. The van der Waals surface area contributed by atoms with Crippen LogP contribution in [0.1, 0.15) is 65.2 Å². The van der Waals surface area contributed by atoms with E-state index >= 15 is 0 Å². The lowest BCUT2D eigenvalue weighted by molar-refractivity contribution is -0.198. The van der Waals surface area contributed by atoms with Gasteiger partial charge in [0.2, 0.25) is 0 Å². The Labute approximate surface area is 155 Å². The Bertz CT molecular complexity index is 632. The highest BCUT2D eigenvalue weighted by molar-refractivity contribution is 5.89. The van der Waals surface area contributed by atoms with Gasteiger partial charge in [0.25, 0.3) is 0 Å². The smallest absolute Gasteiger partial charge is 0.190 e. The van der Waals surface area contributed by atoms with Gasteiger partial charge in [-0.05, 0) is 67.6 Å². The van der Waals surface area contributed by atoms with Gasteiger partial charge < -0.3 is 15.3 Å². The van der Waals surface area contributed by atoms with E-state index in [9.17, 15) is 24.9 Å². The van der Waals surface area contributed by atoms with Crippen molar-refractivity contribution in [1.29, 1.82) is 0 Å². The molecule has 0 aliphatic heterocycles. The van der Waals surface area contributed by atoms with Gasteiger partial charge in [-0.1, -0.05) is 13.8 Å². The summed E-state index contributed by atoms with van der Waals surface area (Å²) in [5, 5.41) is 31.8. The van der Waals surface area contributed by atoms with E-state index in [1.807, 2.05) is 6.92 Å². The number of ketones is 2. The van der Waals surface area contributed by atoms with Crippen LogP contribution in [-0.4, -0.2) is 45.2 Å². The highest BCUT2D eigenvalue weighted by atomic mass is 16.3. The molecule has 0 heterocycles. The highest BCUT2D eigenvalue weighted by Crippen LogP contribution is 2.68. The molecule has 0 spiro atoms. The summed E-state index contributed by atoms with van der Waals surface area (Å²) in [6, 6.07) is 0. The van der Waals surface area contributed by atoms with Crippen molar-refractivity contribution in [1.82, 2.24) is 0 Å². The van der Waals surface area contributed by atoms with Crippen molar-refractivity contribution in [2.24, 2.45) is 34.5 Å². The molecule has 5 heteroatoms. The lowest BCUT2D eigenvalue weighted by Gasteiger charge is -2.62. The Morgan fingerprint density at radius 3 is 2.62 bits per heavy atom. The summed E-state index contributed by atoms with van der Waals surface area (Å²) < 4.78 is 0. The number of hydrogen-bond acceptors (Lipinski definition) is 5. The predicted molar refractivity (Wildman–Crippen MR) is 95.2 cm³/mol. The summed E-state index contributed by atoms with van der Waals surface area (Å²) in [5.74, 6) is 0.800. The molecule has 4 aliphatic rings. The van der Waals surface area contributed by atoms with Crippen LogP contribution >= 0.6 is 0 Å². The first-order valence-electron chi connectivity index (χ1n) is 10.2. The average molecular weight is 364 g/mol. The van der Waals surface area contributed by atoms with Crippen molar-refractivity contribution in [2.75, 3.05) is 6.61 Å². The molecule has 0 aromatic heterocycles. The van der Waals surface area contributed by atoms with Crippen LogP contribution in [0.3, 0.4) is 0 Å². The fraction of sp³-hybridized carbons (Fsp3) is 0.905. The Kier molecular flexibility index (Phi) is 4.18. The molecule has 5 nitrogen and oxygen atoms in total. The first kappa shape index (κ1) is 18.6. The molecule has 0 aromatic carbocycles. The Morgan fingerprint density at radius 2 is 1.92 bits per heavy atom. The molecule has 0 aromatic rings. The number of aliphatic hydroxyl groups is 3. The van der Waals surface area contributed by atoms with Crippen molar-refractivity contribution < 1.29 is 24.9 Å². The van der Waals surface area contributed by atoms with Gasteiger partial charge in [0.15, 0.2) is 5.78 Å². The fourth-order valence-corrected chi connectivity index (χ4v) is 7.76. The topological polar surface area (TPSA) is 94.8 Å². The first-order valence-corrected chi connectivity index (χ1v) is 10.2. The third-order valence-corrected chi connectivity index (χ3v) is 9.17. The normalized spacial score (nSPS) is 53.6. The molecule has 0 saturated heterocycles. The van der Waals surface area contributed by atoms with E-state index in [0.29, 0.717) is 37.4 Å². The molecule has 4 aliphatic carbocycles. The number of Topliss-reactive ketones (excluding diaryl/α,β-unsaturated/α-hetero) is 2. The first-order chi connectivity index (χ1) is 12.2. The van der Waals surface area contributed by atoms with Crippen LogP contribution in [0, 0.1) is 34.5 Å². The van der Waals surface area contributed by atoms with Crippen LogP contribution in [0.15, 0.2) is 0 Å². The van der Waals surface area contributed by atoms with Crippen LogP contribution in [0.5, 0.6) is 0 Å². The Morgan fingerprint density at radius 1 is 1.19 bits per heavy atom. The van der Waals surface area contributed by atoms with Gasteiger partial charge in [-0.3, -0.25) is 9.59 Å². The fourth-order valence-electron chi connectivity index (χ4n) is 7.76. The number of fused-ring (bicyclic) bond motifs is 5. The van der Waals surface area contributed by atoms with Gasteiger partial charge >= 0.3 is 0 Å². The van der Waals surface area contributed by atoms with Gasteiger partial charge in [-0.2, -0.15) is 0 Å². The van der Waals surface area contributed by atoms with Crippen LogP contribution in [0.25, 0.3) is 0 Å². The van der Waals surface area contributed by atoms with E-state index in [0.717, 1.165) is 25.7 Å². The van der Waals surface area contributed by atoms with E-state index in [1.54, 1.807) is 0 Å². The van der Waals surface area contributed by atoms with E-state index in [4.69, 9.17) is 0 Å².